The van der Waals surface area contributed by atoms with E-state index in [1.165, 1.54) is 23.5 Å². The van der Waals surface area contributed by atoms with Crippen LogP contribution < -0.4 is 5.32 Å². The SMILES string of the molecule is Cc1nc(-c2ccc(F)cc2)sc1C(=O)N[C@@H]1CC[C@@H]1CC(=O)O. The zero-order chi connectivity index (χ0) is 17.3. The molecule has 0 saturated heterocycles. The van der Waals surface area contributed by atoms with Crippen LogP contribution in [0.3, 0.4) is 0 Å². The van der Waals surface area contributed by atoms with Crippen LogP contribution in [0.25, 0.3) is 10.6 Å². The normalized spacial score (nSPS) is 19.6. The Kier molecular flexibility index (Phi) is 4.62. The number of thiazole rings is 1. The summed E-state index contributed by atoms with van der Waals surface area (Å²) < 4.78 is 13.0. The van der Waals surface area contributed by atoms with Gasteiger partial charge in [0.2, 0.25) is 0 Å². The van der Waals surface area contributed by atoms with Gasteiger partial charge in [-0.3, -0.25) is 9.59 Å². The van der Waals surface area contributed by atoms with Crippen molar-refractivity contribution in [1.82, 2.24) is 10.3 Å². The Morgan fingerprint density at radius 1 is 1.33 bits per heavy atom. The minimum atomic E-state index is -0.841. The van der Waals surface area contributed by atoms with Crippen molar-refractivity contribution in [2.24, 2.45) is 5.92 Å². The number of carboxylic acids is 1. The number of aromatic nitrogens is 1. The molecule has 1 aromatic carbocycles. The molecule has 3 rings (SSSR count). The highest BCUT2D eigenvalue weighted by molar-refractivity contribution is 7.17. The van der Waals surface area contributed by atoms with Crippen LogP contribution in [-0.2, 0) is 4.79 Å². The zero-order valence-corrected chi connectivity index (χ0v) is 13.9. The molecule has 1 heterocycles. The Labute approximate surface area is 142 Å². The van der Waals surface area contributed by atoms with Gasteiger partial charge in [0.25, 0.3) is 5.91 Å². The molecule has 1 aliphatic carbocycles. The van der Waals surface area contributed by atoms with Gasteiger partial charge in [-0.25, -0.2) is 9.37 Å². The molecule has 0 bridgehead atoms. The molecule has 1 aromatic heterocycles. The van der Waals surface area contributed by atoms with E-state index in [-0.39, 0.29) is 30.1 Å². The van der Waals surface area contributed by atoms with E-state index in [0.717, 1.165) is 18.4 Å². The zero-order valence-electron chi connectivity index (χ0n) is 13.1. The number of carbonyl (C=O) groups is 2. The van der Waals surface area contributed by atoms with Crippen LogP contribution in [0.4, 0.5) is 4.39 Å². The van der Waals surface area contributed by atoms with Gasteiger partial charge in [-0.1, -0.05) is 0 Å². The summed E-state index contributed by atoms with van der Waals surface area (Å²) in [5.74, 6) is -1.39. The van der Waals surface area contributed by atoms with Gasteiger partial charge >= 0.3 is 5.97 Å². The summed E-state index contributed by atoms with van der Waals surface area (Å²) in [4.78, 5) is 28.1. The highest BCUT2D eigenvalue weighted by Gasteiger charge is 2.34. The quantitative estimate of drug-likeness (QED) is 0.869. The van der Waals surface area contributed by atoms with Gasteiger partial charge in [0.15, 0.2) is 0 Å². The van der Waals surface area contributed by atoms with Crippen LogP contribution in [0.15, 0.2) is 24.3 Å². The van der Waals surface area contributed by atoms with Crippen molar-refractivity contribution < 1.29 is 19.1 Å². The average Bonchev–Trinajstić information content (AvgIpc) is 2.91. The smallest absolute Gasteiger partial charge is 0.303 e. The van der Waals surface area contributed by atoms with Crippen LogP contribution in [-0.4, -0.2) is 28.0 Å². The summed E-state index contributed by atoms with van der Waals surface area (Å²) in [6, 6.07) is 5.88. The second-order valence-electron chi connectivity index (χ2n) is 5.96. The van der Waals surface area contributed by atoms with Crippen LogP contribution in [0.5, 0.6) is 0 Å². The first kappa shape index (κ1) is 16.6. The molecule has 7 heteroatoms. The van der Waals surface area contributed by atoms with E-state index < -0.39 is 5.97 Å². The maximum Gasteiger partial charge on any atom is 0.303 e. The Balaban J connectivity index is 1.72. The monoisotopic (exact) mass is 348 g/mol. The Morgan fingerprint density at radius 2 is 2.04 bits per heavy atom. The predicted octanol–water partition coefficient (Wildman–Crippen LogP) is 3.24. The maximum atomic E-state index is 13.0. The van der Waals surface area contributed by atoms with E-state index in [2.05, 4.69) is 10.3 Å². The highest BCUT2D eigenvalue weighted by Crippen LogP contribution is 2.32. The number of aryl methyl sites for hydroxylation is 1. The molecular formula is C17H17FN2O3S. The largest absolute Gasteiger partial charge is 0.481 e. The van der Waals surface area contributed by atoms with E-state index >= 15 is 0 Å². The third kappa shape index (κ3) is 3.46. The second kappa shape index (κ2) is 6.68. The number of carbonyl (C=O) groups excluding carboxylic acids is 1. The molecule has 0 aliphatic heterocycles. The van der Waals surface area contributed by atoms with E-state index in [0.29, 0.717) is 15.6 Å². The lowest BCUT2D eigenvalue weighted by Crippen LogP contribution is -2.47. The molecule has 2 N–H and O–H groups in total. The summed E-state index contributed by atoms with van der Waals surface area (Å²) in [7, 11) is 0. The number of hydrogen-bond acceptors (Lipinski definition) is 4. The lowest BCUT2D eigenvalue weighted by molar-refractivity contribution is -0.139. The molecule has 0 spiro atoms. The average molecular weight is 348 g/mol. The van der Waals surface area contributed by atoms with Crippen molar-refractivity contribution >= 4 is 23.2 Å². The number of nitrogens with zero attached hydrogens (tertiary/aromatic N) is 1. The summed E-state index contributed by atoms with van der Waals surface area (Å²) in [5.41, 5.74) is 1.38. The molecule has 0 radical (unpaired) electrons. The third-order valence-electron chi connectivity index (χ3n) is 4.26. The van der Waals surface area contributed by atoms with Crippen LogP contribution in [0.2, 0.25) is 0 Å². The Hall–Kier alpha value is -2.28. The molecule has 1 amide bonds. The molecule has 1 fully saturated rings. The van der Waals surface area contributed by atoms with E-state index in [1.54, 1.807) is 19.1 Å². The molecule has 126 valence electrons. The summed E-state index contributed by atoms with van der Waals surface area (Å²) in [5, 5.41) is 12.4. The summed E-state index contributed by atoms with van der Waals surface area (Å²) in [6.45, 7) is 1.76. The molecule has 1 saturated carbocycles. The Morgan fingerprint density at radius 3 is 2.62 bits per heavy atom. The number of rotatable bonds is 5. The maximum absolute atomic E-state index is 13.0. The van der Waals surface area contributed by atoms with Crippen molar-refractivity contribution in [1.29, 1.82) is 0 Å². The first-order chi connectivity index (χ1) is 11.4. The fourth-order valence-corrected chi connectivity index (χ4v) is 3.76. The molecule has 24 heavy (non-hydrogen) atoms. The summed E-state index contributed by atoms with van der Waals surface area (Å²) in [6.07, 6.45) is 1.69. The van der Waals surface area contributed by atoms with Gasteiger partial charge in [-0.15, -0.1) is 11.3 Å². The van der Waals surface area contributed by atoms with Crippen molar-refractivity contribution in [3.05, 3.63) is 40.7 Å². The fraction of sp³-hybridized carbons (Fsp3) is 0.353. The van der Waals surface area contributed by atoms with Gasteiger partial charge < -0.3 is 10.4 Å². The van der Waals surface area contributed by atoms with Gasteiger partial charge in [0, 0.05) is 11.6 Å². The van der Waals surface area contributed by atoms with Crippen LogP contribution in [0.1, 0.15) is 34.6 Å². The minimum Gasteiger partial charge on any atom is -0.481 e. The topological polar surface area (TPSA) is 79.3 Å². The molecule has 2 aromatic rings. The fourth-order valence-electron chi connectivity index (χ4n) is 2.78. The number of carboxylic acid groups (broad SMARTS) is 1. The predicted molar refractivity (Wildman–Crippen MR) is 88.5 cm³/mol. The summed E-state index contributed by atoms with van der Waals surface area (Å²) >= 11 is 1.26. The number of aliphatic carboxylic acids is 1. The number of halogens is 1. The van der Waals surface area contributed by atoms with Gasteiger partial charge in [-0.05, 0) is 49.9 Å². The van der Waals surface area contributed by atoms with Crippen LogP contribution in [0, 0.1) is 18.7 Å². The number of nitrogens with one attached hydrogen (secondary N) is 1. The lowest BCUT2D eigenvalue weighted by atomic mass is 9.77. The molecule has 5 nitrogen and oxygen atoms in total. The number of benzene rings is 1. The highest BCUT2D eigenvalue weighted by atomic mass is 32.1. The number of hydrogen-bond donors (Lipinski definition) is 2. The molecular weight excluding hydrogens is 331 g/mol. The molecule has 0 unspecified atom stereocenters. The van der Waals surface area contributed by atoms with E-state index in [9.17, 15) is 14.0 Å². The van der Waals surface area contributed by atoms with Gasteiger partial charge in [0.1, 0.15) is 15.7 Å². The standard InChI is InChI=1S/C17H17FN2O3S/c1-9-15(16(23)20-13-7-4-11(13)8-14(21)22)24-17(19-9)10-2-5-12(18)6-3-10/h2-3,5-6,11,13H,4,7-8H2,1H3,(H,20,23)(H,21,22)/t11-,13-/m1/s1. The minimum absolute atomic E-state index is 0.00348. The first-order valence-corrected chi connectivity index (χ1v) is 8.51. The molecule has 1 aliphatic rings. The van der Waals surface area contributed by atoms with Gasteiger partial charge in [-0.2, -0.15) is 0 Å². The van der Waals surface area contributed by atoms with Gasteiger partial charge in [0.05, 0.1) is 12.1 Å². The Bertz CT molecular complexity index is 773. The first-order valence-electron chi connectivity index (χ1n) is 7.70. The van der Waals surface area contributed by atoms with E-state index in [4.69, 9.17) is 5.11 Å². The third-order valence-corrected chi connectivity index (χ3v) is 5.47. The second-order valence-corrected chi connectivity index (χ2v) is 6.95. The van der Waals surface area contributed by atoms with Crippen molar-refractivity contribution in [3.63, 3.8) is 0 Å². The van der Waals surface area contributed by atoms with Crippen molar-refractivity contribution in [2.45, 2.75) is 32.2 Å². The van der Waals surface area contributed by atoms with Crippen molar-refractivity contribution in [2.75, 3.05) is 0 Å². The van der Waals surface area contributed by atoms with Crippen molar-refractivity contribution in [3.8, 4) is 10.6 Å². The van der Waals surface area contributed by atoms with E-state index in [1.807, 2.05) is 0 Å². The molecule has 2 atom stereocenters. The number of amides is 1. The van der Waals surface area contributed by atoms with Crippen LogP contribution >= 0.6 is 11.3 Å². The lowest BCUT2D eigenvalue weighted by Gasteiger charge is -2.36.